The SMILES string of the molecule is ClC1CC(NCCOCc2ccccc2)C1. The molecule has 1 saturated carbocycles. The quantitative estimate of drug-likeness (QED) is 0.609. The number of halogens is 1. The molecule has 16 heavy (non-hydrogen) atoms. The highest BCUT2D eigenvalue weighted by Gasteiger charge is 2.25. The first kappa shape index (κ1) is 11.9. The van der Waals surface area contributed by atoms with E-state index in [-0.39, 0.29) is 0 Å². The van der Waals surface area contributed by atoms with Gasteiger partial charge in [-0.3, -0.25) is 0 Å². The van der Waals surface area contributed by atoms with Crippen LogP contribution in [0.2, 0.25) is 0 Å². The second kappa shape index (κ2) is 6.24. The zero-order valence-electron chi connectivity index (χ0n) is 9.36. The number of hydrogen-bond donors (Lipinski definition) is 1. The van der Waals surface area contributed by atoms with E-state index >= 15 is 0 Å². The molecule has 2 rings (SSSR count). The summed E-state index contributed by atoms with van der Waals surface area (Å²) in [6.45, 7) is 2.38. The molecular formula is C13H18ClNO. The Balaban J connectivity index is 1.49. The lowest BCUT2D eigenvalue weighted by Crippen LogP contribution is -2.43. The minimum absolute atomic E-state index is 0.391. The van der Waals surface area contributed by atoms with E-state index in [1.54, 1.807) is 0 Å². The van der Waals surface area contributed by atoms with Gasteiger partial charge in [-0.05, 0) is 18.4 Å². The molecule has 0 bridgehead atoms. The van der Waals surface area contributed by atoms with Gasteiger partial charge in [0.25, 0.3) is 0 Å². The average molecular weight is 240 g/mol. The number of alkyl halides is 1. The summed E-state index contributed by atoms with van der Waals surface area (Å²) in [5.74, 6) is 0. The van der Waals surface area contributed by atoms with Crippen molar-refractivity contribution in [1.29, 1.82) is 0 Å². The zero-order chi connectivity index (χ0) is 11.2. The summed E-state index contributed by atoms with van der Waals surface area (Å²) >= 11 is 5.89. The molecule has 0 atom stereocenters. The highest BCUT2D eigenvalue weighted by Crippen LogP contribution is 2.24. The average Bonchev–Trinajstić information content (AvgIpc) is 2.27. The molecule has 0 radical (unpaired) electrons. The van der Waals surface area contributed by atoms with Crippen LogP contribution in [0.5, 0.6) is 0 Å². The first-order valence-corrected chi connectivity index (χ1v) is 6.27. The normalized spacial score (nSPS) is 24.1. The summed E-state index contributed by atoms with van der Waals surface area (Å²) in [4.78, 5) is 0. The fourth-order valence-electron chi connectivity index (χ4n) is 1.81. The fourth-order valence-corrected chi connectivity index (χ4v) is 2.24. The summed E-state index contributed by atoms with van der Waals surface area (Å²) in [5.41, 5.74) is 1.23. The maximum absolute atomic E-state index is 5.89. The van der Waals surface area contributed by atoms with Crippen molar-refractivity contribution >= 4 is 11.6 Å². The Labute approximate surface area is 102 Å². The van der Waals surface area contributed by atoms with Crippen molar-refractivity contribution in [3.63, 3.8) is 0 Å². The third-order valence-electron chi connectivity index (χ3n) is 2.87. The van der Waals surface area contributed by atoms with Crippen LogP contribution >= 0.6 is 11.6 Å². The molecular weight excluding hydrogens is 222 g/mol. The maximum Gasteiger partial charge on any atom is 0.0717 e. The Morgan fingerprint density at radius 2 is 2.00 bits per heavy atom. The van der Waals surface area contributed by atoms with Gasteiger partial charge in [-0.2, -0.15) is 0 Å². The molecule has 1 aliphatic carbocycles. The van der Waals surface area contributed by atoms with Crippen LogP contribution in [0.3, 0.4) is 0 Å². The van der Waals surface area contributed by atoms with Gasteiger partial charge in [0.2, 0.25) is 0 Å². The van der Waals surface area contributed by atoms with E-state index in [1.807, 2.05) is 18.2 Å². The molecule has 3 heteroatoms. The van der Waals surface area contributed by atoms with Gasteiger partial charge in [0.05, 0.1) is 13.2 Å². The number of nitrogens with one attached hydrogen (secondary N) is 1. The molecule has 1 aliphatic rings. The van der Waals surface area contributed by atoms with Crippen molar-refractivity contribution < 1.29 is 4.74 Å². The van der Waals surface area contributed by atoms with Crippen LogP contribution in [0.1, 0.15) is 18.4 Å². The molecule has 0 unspecified atom stereocenters. The molecule has 1 aromatic rings. The van der Waals surface area contributed by atoms with Crippen molar-refractivity contribution in [3.05, 3.63) is 35.9 Å². The third-order valence-corrected chi connectivity index (χ3v) is 3.23. The monoisotopic (exact) mass is 239 g/mol. The molecule has 1 N–H and O–H groups in total. The van der Waals surface area contributed by atoms with E-state index in [2.05, 4.69) is 17.4 Å². The third kappa shape index (κ3) is 3.78. The van der Waals surface area contributed by atoms with Gasteiger partial charge in [0.1, 0.15) is 0 Å². The van der Waals surface area contributed by atoms with Gasteiger partial charge in [0, 0.05) is 18.0 Å². The molecule has 88 valence electrons. The Kier molecular flexibility index (Phi) is 4.64. The van der Waals surface area contributed by atoms with Crippen molar-refractivity contribution in [3.8, 4) is 0 Å². The predicted octanol–water partition coefficient (Wildman–Crippen LogP) is 2.56. The van der Waals surface area contributed by atoms with E-state index in [0.717, 1.165) is 26.0 Å². The lowest BCUT2D eigenvalue weighted by atomic mass is 9.92. The number of benzene rings is 1. The molecule has 0 aromatic heterocycles. The predicted molar refractivity (Wildman–Crippen MR) is 66.8 cm³/mol. The summed E-state index contributed by atoms with van der Waals surface area (Å²) in [6.07, 6.45) is 2.19. The lowest BCUT2D eigenvalue weighted by molar-refractivity contribution is 0.118. The van der Waals surface area contributed by atoms with Crippen molar-refractivity contribution in [2.24, 2.45) is 0 Å². The molecule has 1 fully saturated rings. The molecule has 0 spiro atoms. The van der Waals surface area contributed by atoms with E-state index < -0.39 is 0 Å². The van der Waals surface area contributed by atoms with Crippen molar-refractivity contribution in [1.82, 2.24) is 5.32 Å². The van der Waals surface area contributed by atoms with Gasteiger partial charge in [-0.25, -0.2) is 0 Å². The number of rotatable bonds is 6. The van der Waals surface area contributed by atoms with Crippen molar-refractivity contribution in [2.45, 2.75) is 30.9 Å². The smallest absolute Gasteiger partial charge is 0.0717 e. The van der Waals surface area contributed by atoms with Crippen LogP contribution in [0.25, 0.3) is 0 Å². The number of ether oxygens (including phenoxy) is 1. The highest BCUT2D eigenvalue weighted by atomic mass is 35.5. The van der Waals surface area contributed by atoms with Gasteiger partial charge < -0.3 is 10.1 Å². The number of hydrogen-bond acceptors (Lipinski definition) is 2. The molecule has 0 amide bonds. The Hall–Kier alpha value is -0.570. The Bertz CT molecular complexity index is 298. The minimum atomic E-state index is 0.391. The Morgan fingerprint density at radius 3 is 2.69 bits per heavy atom. The van der Waals surface area contributed by atoms with Crippen molar-refractivity contribution in [2.75, 3.05) is 13.2 Å². The summed E-state index contributed by atoms with van der Waals surface area (Å²) in [7, 11) is 0. The van der Waals surface area contributed by atoms with E-state index in [0.29, 0.717) is 18.0 Å². The largest absolute Gasteiger partial charge is 0.375 e. The molecule has 1 aromatic carbocycles. The minimum Gasteiger partial charge on any atom is -0.375 e. The standard InChI is InChI=1S/C13H18ClNO/c14-12-8-13(9-12)15-6-7-16-10-11-4-2-1-3-5-11/h1-5,12-13,15H,6-10H2. The van der Waals surface area contributed by atoms with E-state index in [1.165, 1.54) is 5.56 Å². The van der Waals surface area contributed by atoms with Crippen LogP contribution in [0.15, 0.2) is 30.3 Å². The van der Waals surface area contributed by atoms with Crippen LogP contribution in [-0.4, -0.2) is 24.6 Å². The van der Waals surface area contributed by atoms with Crippen LogP contribution in [0, 0.1) is 0 Å². The topological polar surface area (TPSA) is 21.3 Å². The molecule has 0 saturated heterocycles. The zero-order valence-corrected chi connectivity index (χ0v) is 10.1. The van der Waals surface area contributed by atoms with Gasteiger partial charge >= 0.3 is 0 Å². The summed E-state index contributed by atoms with van der Waals surface area (Å²) in [5, 5.41) is 3.82. The first-order chi connectivity index (χ1) is 7.84. The maximum atomic E-state index is 5.89. The van der Waals surface area contributed by atoms with Gasteiger partial charge in [0.15, 0.2) is 0 Å². The summed E-state index contributed by atoms with van der Waals surface area (Å²) < 4.78 is 5.57. The van der Waals surface area contributed by atoms with Crippen LogP contribution in [0.4, 0.5) is 0 Å². The molecule has 0 heterocycles. The summed E-state index contributed by atoms with van der Waals surface area (Å²) in [6, 6.07) is 10.9. The molecule has 2 nitrogen and oxygen atoms in total. The second-order valence-electron chi connectivity index (χ2n) is 4.26. The fraction of sp³-hybridized carbons (Fsp3) is 0.538. The van der Waals surface area contributed by atoms with Crippen LogP contribution < -0.4 is 5.32 Å². The van der Waals surface area contributed by atoms with Gasteiger partial charge in [-0.15, -0.1) is 11.6 Å². The first-order valence-electron chi connectivity index (χ1n) is 5.84. The highest BCUT2D eigenvalue weighted by molar-refractivity contribution is 6.21. The lowest BCUT2D eigenvalue weighted by Gasteiger charge is -2.31. The van der Waals surface area contributed by atoms with Crippen LogP contribution in [-0.2, 0) is 11.3 Å². The van der Waals surface area contributed by atoms with E-state index in [4.69, 9.17) is 16.3 Å². The van der Waals surface area contributed by atoms with E-state index in [9.17, 15) is 0 Å². The Morgan fingerprint density at radius 1 is 1.25 bits per heavy atom. The van der Waals surface area contributed by atoms with Gasteiger partial charge in [-0.1, -0.05) is 30.3 Å². The second-order valence-corrected chi connectivity index (χ2v) is 4.88. The molecule has 0 aliphatic heterocycles.